The van der Waals surface area contributed by atoms with E-state index in [4.69, 9.17) is 0 Å². The van der Waals surface area contributed by atoms with Crippen LogP contribution >= 0.6 is 0 Å². The van der Waals surface area contributed by atoms with Gasteiger partial charge < -0.3 is 9.88 Å². The number of aromatic nitrogens is 6. The fourth-order valence-corrected chi connectivity index (χ4v) is 2.83. The molecule has 0 atom stereocenters. The SMILES string of the molecule is CN(Cc1nnc2c(=O)[nH]ccn12)c1cnc(N2CCCC2=O)cn1. The van der Waals surface area contributed by atoms with E-state index in [0.29, 0.717) is 37.0 Å². The number of anilines is 2. The second-order valence-electron chi connectivity index (χ2n) is 5.84. The second-order valence-corrected chi connectivity index (χ2v) is 5.84. The molecule has 1 aliphatic heterocycles. The number of hydrogen-bond donors (Lipinski definition) is 1. The van der Waals surface area contributed by atoms with Crippen molar-refractivity contribution in [3.63, 3.8) is 0 Å². The summed E-state index contributed by atoms with van der Waals surface area (Å²) >= 11 is 0. The highest BCUT2D eigenvalue weighted by Gasteiger charge is 2.23. The van der Waals surface area contributed by atoms with Crippen molar-refractivity contribution in [3.8, 4) is 0 Å². The standard InChI is InChI=1S/C15H16N8O2/c1-21(9-12-19-20-14-15(25)16-4-6-23(12)14)10-7-18-11(8-17-10)22-5-2-3-13(22)24/h4,6-8H,2-3,5,9H2,1H3,(H,16,25). The molecule has 128 valence electrons. The van der Waals surface area contributed by atoms with E-state index in [1.165, 1.54) is 0 Å². The Labute approximate surface area is 142 Å². The third kappa shape index (κ3) is 2.71. The number of nitrogens with one attached hydrogen (secondary N) is 1. The summed E-state index contributed by atoms with van der Waals surface area (Å²) in [6.45, 7) is 1.09. The first-order valence-corrected chi connectivity index (χ1v) is 7.88. The largest absolute Gasteiger partial charge is 0.351 e. The molecular formula is C15H16N8O2. The summed E-state index contributed by atoms with van der Waals surface area (Å²) in [6, 6.07) is 0. The van der Waals surface area contributed by atoms with Crippen LogP contribution in [0.3, 0.4) is 0 Å². The zero-order valence-electron chi connectivity index (χ0n) is 13.6. The maximum absolute atomic E-state index is 11.8. The van der Waals surface area contributed by atoms with Gasteiger partial charge in [-0.15, -0.1) is 10.2 Å². The number of carbonyl (C=O) groups excluding carboxylic acids is 1. The maximum atomic E-state index is 11.8. The highest BCUT2D eigenvalue weighted by Crippen LogP contribution is 2.19. The lowest BCUT2D eigenvalue weighted by Gasteiger charge is -2.18. The highest BCUT2D eigenvalue weighted by atomic mass is 16.2. The number of hydrogen-bond acceptors (Lipinski definition) is 7. The van der Waals surface area contributed by atoms with Gasteiger partial charge in [-0.2, -0.15) is 0 Å². The van der Waals surface area contributed by atoms with Crippen LogP contribution in [0.15, 0.2) is 29.6 Å². The van der Waals surface area contributed by atoms with Crippen molar-refractivity contribution in [1.29, 1.82) is 0 Å². The first-order valence-electron chi connectivity index (χ1n) is 7.88. The lowest BCUT2D eigenvalue weighted by atomic mass is 10.4. The number of H-pyrrole nitrogens is 1. The Hall–Kier alpha value is -3.30. The van der Waals surface area contributed by atoms with E-state index in [9.17, 15) is 9.59 Å². The van der Waals surface area contributed by atoms with Crippen molar-refractivity contribution in [2.75, 3.05) is 23.4 Å². The van der Waals surface area contributed by atoms with Gasteiger partial charge in [-0.05, 0) is 6.42 Å². The van der Waals surface area contributed by atoms with Crippen LogP contribution in [0.1, 0.15) is 18.7 Å². The molecule has 0 bridgehead atoms. The molecule has 0 aromatic carbocycles. The van der Waals surface area contributed by atoms with Gasteiger partial charge in [0.15, 0.2) is 11.6 Å². The minimum atomic E-state index is -0.289. The Morgan fingerprint density at radius 2 is 2.12 bits per heavy atom. The summed E-state index contributed by atoms with van der Waals surface area (Å²) in [4.78, 5) is 38.2. The maximum Gasteiger partial charge on any atom is 0.293 e. The molecule has 1 saturated heterocycles. The van der Waals surface area contributed by atoms with Gasteiger partial charge in [0.1, 0.15) is 5.82 Å². The van der Waals surface area contributed by atoms with Crippen LogP contribution in [-0.4, -0.2) is 49.0 Å². The summed E-state index contributed by atoms with van der Waals surface area (Å²) in [5.41, 5.74) is -0.0387. The van der Waals surface area contributed by atoms with Crippen LogP contribution in [0.2, 0.25) is 0 Å². The predicted octanol–water partition coefficient (Wildman–Crippen LogP) is -0.0292. The van der Waals surface area contributed by atoms with Gasteiger partial charge in [-0.3, -0.25) is 18.9 Å². The van der Waals surface area contributed by atoms with Crippen molar-refractivity contribution in [1.82, 2.24) is 29.5 Å². The highest BCUT2D eigenvalue weighted by molar-refractivity contribution is 5.94. The first kappa shape index (κ1) is 15.2. The van der Waals surface area contributed by atoms with Crippen LogP contribution in [0.25, 0.3) is 5.65 Å². The molecule has 0 unspecified atom stereocenters. The molecule has 1 aliphatic rings. The van der Waals surface area contributed by atoms with Crippen LogP contribution in [0.4, 0.5) is 11.6 Å². The van der Waals surface area contributed by atoms with E-state index in [1.807, 2.05) is 11.9 Å². The Morgan fingerprint density at radius 1 is 1.24 bits per heavy atom. The normalized spacial score (nSPS) is 14.4. The summed E-state index contributed by atoms with van der Waals surface area (Å²) in [5, 5.41) is 7.96. The Morgan fingerprint density at radius 3 is 2.84 bits per heavy atom. The van der Waals surface area contributed by atoms with Crippen molar-refractivity contribution in [2.45, 2.75) is 19.4 Å². The van der Waals surface area contributed by atoms with E-state index in [0.717, 1.165) is 6.42 Å². The molecule has 0 aliphatic carbocycles. The van der Waals surface area contributed by atoms with Gasteiger partial charge in [0.25, 0.3) is 5.56 Å². The van der Waals surface area contributed by atoms with Gasteiger partial charge in [-0.25, -0.2) is 9.97 Å². The zero-order chi connectivity index (χ0) is 17.4. The third-order valence-corrected chi connectivity index (χ3v) is 4.15. The van der Waals surface area contributed by atoms with E-state index in [1.54, 1.807) is 34.1 Å². The van der Waals surface area contributed by atoms with Crippen molar-refractivity contribution >= 4 is 23.2 Å². The summed E-state index contributed by atoms with van der Waals surface area (Å²) in [5.74, 6) is 1.90. The number of carbonyl (C=O) groups is 1. The van der Waals surface area contributed by atoms with Crippen molar-refractivity contribution in [2.24, 2.45) is 0 Å². The second kappa shape index (κ2) is 5.96. The summed E-state index contributed by atoms with van der Waals surface area (Å²) < 4.78 is 1.64. The smallest absolute Gasteiger partial charge is 0.293 e. The van der Waals surface area contributed by atoms with Crippen LogP contribution < -0.4 is 15.4 Å². The molecule has 1 amide bonds. The number of amides is 1. The molecule has 0 radical (unpaired) electrons. The molecule has 1 N–H and O–H groups in total. The Bertz CT molecular complexity index is 977. The molecule has 25 heavy (non-hydrogen) atoms. The zero-order valence-corrected chi connectivity index (χ0v) is 13.6. The van der Waals surface area contributed by atoms with E-state index >= 15 is 0 Å². The topological polar surface area (TPSA) is 112 Å². The monoisotopic (exact) mass is 340 g/mol. The first-order chi connectivity index (χ1) is 12.1. The minimum absolute atomic E-state index is 0.0792. The van der Waals surface area contributed by atoms with Crippen molar-refractivity contribution in [3.05, 3.63) is 41.0 Å². The Balaban J connectivity index is 1.54. The van der Waals surface area contributed by atoms with Crippen LogP contribution in [-0.2, 0) is 11.3 Å². The predicted molar refractivity (Wildman–Crippen MR) is 89.3 cm³/mol. The average molecular weight is 340 g/mol. The molecule has 3 aromatic rings. The lowest BCUT2D eigenvalue weighted by molar-refractivity contribution is -0.117. The van der Waals surface area contributed by atoms with Crippen LogP contribution in [0.5, 0.6) is 0 Å². The molecule has 1 fully saturated rings. The Kier molecular flexibility index (Phi) is 3.64. The summed E-state index contributed by atoms with van der Waals surface area (Å²) in [6.07, 6.45) is 7.87. The summed E-state index contributed by atoms with van der Waals surface area (Å²) in [7, 11) is 1.85. The number of rotatable bonds is 4. The number of aromatic amines is 1. The van der Waals surface area contributed by atoms with E-state index < -0.39 is 0 Å². The van der Waals surface area contributed by atoms with Gasteiger partial charge in [0, 0.05) is 32.4 Å². The number of fused-ring (bicyclic) bond motifs is 1. The molecule has 10 heteroatoms. The molecule has 0 saturated carbocycles. The van der Waals surface area contributed by atoms with E-state index in [2.05, 4.69) is 25.1 Å². The third-order valence-electron chi connectivity index (χ3n) is 4.15. The van der Waals surface area contributed by atoms with Gasteiger partial charge in [0.05, 0.1) is 18.9 Å². The van der Waals surface area contributed by atoms with Gasteiger partial charge in [-0.1, -0.05) is 0 Å². The van der Waals surface area contributed by atoms with Gasteiger partial charge in [0.2, 0.25) is 11.6 Å². The fourth-order valence-electron chi connectivity index (χ4n) is 2.83. The average Bonchev–Trinajstić information content (AvgIpc) is 3.22. The molecule has 10 nitrogen and oxygen atoms in total. The molecule has 3 aromatic heterocycles. The van der Waals surface area contributed by atoms with E-state index in [-0.39, 0.29) is 17.1 Å². The molecule has 0 spiro atoms. The molecule has 4 rings (SSSR count). The molecular weight excluding hydrogens is 324 g/mol. The van der Waals surface area contributed by atoms with Crippen molar-refractivity contribution < 1.29 is 4.79 Å². The lowest BCUT2D eigenvalue weighted by Crippen LogP contribution is -2.25. The quantitative estimate of drug-likeness (QED) is 0.709. The fraction of sp³-hybridized carbons (Fsp3) is 0.333. The molecule has 4 heterocycles. The van der Waals surface area contributed by atoms with Gasteiger partial charge >= 0.3 is 0 Å². The van der Waals surface area contributed by atoms with Crippen LogP contribution in [0, 0.1) is 0 Å². The minimum Gasteiger partial charge on any atom is -0.351 e. The number of nitrogens with zero attached hydrogens (tertiary/aromatic N) is 7.